The van der Waals surface area contributed by atoms with Gasteiger partial charge in [0, 0.05) is 18.8 Å². The van der Waals surface area contributed by atoms with E-state index >= 15 is 0 Å². The molecular formula is C21H30O2. The average Bonchev–Trinajstić information content (AvgIpc) is 2.84. The van der Waals surface area contributed by atoms with Crippen LogP contribution >= 0.6 is 0 Å². The van der Waals surface area contributed by atoms with Gasteiger partial charge in [-0.05, 0) is 62.2 Å². The Hall–Kier alpha value is -0.920. The monoisotopic (exact) mass is 314 g/mol. The molecule has 0 aromatic heterocycles. The Morgan fingerprint density at radius 1 is 1.13 bits per heavy atom. The maximum absolute atomic E-state index is 13.3. The summed E-state index contributed by atoms with van der Waals surface area (Å²) < 4.78 is 0. The van der Waals surface area contributed by atoms with Crippen LogP contribution in [0.3, 0.4) is 0 Å². The number of rotatable bonds is 1. The molecule has 23 heavy (non-hydrogen) atoms. The smallest absolute Gasteiger partial charge is 0.143 e. The van der Waals surface area contributed by atoms with Crippen molar-refractivity contribution in [1.82, 2.24) is 0 Å². The third-order valence-corrected chi connectivity index (χ3v) is 8.32. The summed E-state index contributed by atoms with van der Waals surface area (Å²) in [6.07, 6.45) is 10.4. The number of hydrogen-bond acceptors (Lipinski definition) is 2. The molecule has 3 fully saturated rings. The topological polar surface area (TPSA) is 34.1 Å². The van der Waals surface area contributed by atoms with E-state index in [1.807, 2.05) is 0 Å². The van der Waals surface area contributed by atoms with Gasteiger partial charge in [-0.2, -0.15) is 0 Å². The van der Waals surface area contributed by atoms with Crippen molar-refractivity contribution in [2.24, 2.45) is 34.5 Å². The second-order valence-corrected chi connectivity index (χ2v) is 9.01. The van der Waals surface area contributed by atoms with Gasteiger partial charge in [-0.15, -0.1) is 0 Å². The highest BCUT2D eigenvalue weighted by molar-refractivity contribution is 5.97. The SMILES string of the molecule is CC[C@H]1CC[C@H]2[C@@H]3CCC4=CCCC(=O)[C@]4(C)[C@H]3C(=O)C[C@]12C. The first-order valence-corrected chi connectivity index (χ1v) is 9.68. The third-order valence-electron chi connectivity index (χ3n) is 8.32. The number of Topliss-reactive ketones (excluding diaryl/α,β-unsaturated/α-hetero) is 2. The van der Waals surface area contributed by atoms with E-state index in [9.17, 15) is 9.59 Å². The van der Waals surface area contributed by atoms with Crippen molar-refractivity contribution < 1.29 is 9.59 Å². The zero-order valence-corrected chi connectivity index (χ0v) is 14.9. The van der Waals surface area contributed by atoms with Gasteiger partial charge < -0.3 is 0 Å². The van der Waals surface area contributed by atoms with Crippen molar-refractivity contribution in [2.45, 2.75) is 72.1 Å². The molecule has 0 unspecified atom stereocenters. The van der Waals surface area contributed by atoms with Crippen molar-refractivity contribution in [3.8, 4) is 0 Å². The zero-order chi connectivity index (χ0) is 16.4. The molecule has 0 saturated heterocycles. The standard InChI is InChI=1S/C21H30O2/c1-4-13-9-11-16-15-10-8-14-6-5-7-18(23)21(14,3)19(15)17(22)12-20(13,16)2/h6,13,15-16,19H,4-5,7-12H2,1-3H3/t13-,15-,16-,19+,20+,21+/m0/s1. The lowest BCUT2D eigenvalue weighted by Gasteiger charge is -2.56. The van der Waals surface area contributed by atoms with E-state index in [4.69, 9.17) is 0 Å². The summed E-state index contributed by atoms with van der Waals surface area (Å²) in [5.74, 6) is 2.52. The van der Waals surface area contributed by atoms with E-state index in [-0.39, 0.29) is 11.3 Å². The Morgan fingerprint density at radius 3 is 2.65 bits per heavy atom. The lowest BCUT2D eigenvalue weighted by atomic mass is 9.46. The van der Waals surface area contributed by atoms with Gasteiger partial charge in [-0.1, -0.05) is 31.9 Å². The van der Waals surface area contributed by atoms with Crippen molar-refractivity contribution >= 4 is 11.6 Å². The summed E-state index contributed by atoms with van der Waals surface area (Å²) in [6, 6.07) is 0. The summed E-state index contributed by atoms with van der Waals surface area (Å²) in [5, 5.41) is 0. The van der Waals surface area contributed by atoms with E-state index < -0.39 is 5.41 Å². The van der Waals surface area contributed by atoms with Gasteiger partial charge in [-0.3, -0.25) is 9.59 Å². The normalized spacial score (nSPS) is 49.3. The van der Waals surface area contributed by atoms with Gasteiger partial charge in [0.2, 0.25) is 0 Å². The summed E-state index contributed by atoms with van der Waals surface area (Å²) >= 11 is 0. The molecule has 0 aromatic rings. The summed E-state index contributed by atoms with van der Waals surface area (Å²) in [6.45, 7) is 6.76. The fourth-order valence-corrected chi connectivity index (χ4v) is 7.15. The second-order valence-electron chi connectivity index (χ2n) is 9.01. The molecule has 2 nitrogen and oxygen atoms in total. The number of carbonyl (C=O) groups is 2. The average molecular weight is 314 g/mol. The van der Waals surface area contributed by atoms with Crippen LogP contribution in [0.4, 0.5) is 0 Å². The van der Waals surface area contributed by atoms with Crippen LogP contribution in [-0.4, -0.2) is 11.6 Å². The summed E-state index contributed by atoms with van der Waals surface area (Å²) in [5.41, 5.74) is 1.02. The Balaban J connectivity index is 1.77. The van der Waals surface area contributed by atoms with Crippen LogP contribution in [0.25, 0.3) is 0 Å². The molecule has 4 aliphatic rings. The first kappa shape index (κ1) is 15.6. The molecule has 3 saturated carbocycles. The van der Waals surface area contributed by atoms with Crippen molar-refractivity contribution in [2.75, 3.05) is 0 Å². The highest BCUT2D eigenvalue weighted by atomic mass is 16.1. The van der Waals surface area contributed by atoms with Crippen LogP contribution in [0.1, 0.15) is 72.1 Å². The van der Waals surface area contributed by atoms with E-state index in [2.05, 4.69) is 26.8 Å². The molecule has 2 heteroatoms. The number of allylic oxidation sites excluding steroid dienone is 2. The van der Waals surface area contributed by atoms with Crippen molar-refractivity contribution in [3.05, 3.63) is 11.6 Å². The lowest BCUT2D eigenvalue weighted by Crippen LogP contribution is -2.57. The quantitative estimate of drug-likeness (QED) is 0.656. The molecule has 0 radical (unpaired) electrons. The van der Waals surface area contributed by atoms with Gasteiger partial charge in [-0.25, -0.2) is 0 Å². The number of ketones is 2. The molecular weight excluding hydrogens is 284 g/mol. The fourth-order valence-electron chi connectivity index (χ4n) is 7.15. The Morgan fingerprint density at radius 2 is 1.91 bits per heavy atom. The molecule has 0 N–H and O–H groups in total. The molecule has 0 amide bonds. The van der Waals surface area contributed by atoms with Gasteiger partial charge >= 0.3 is 0 Å². The first-order chi connectivity index (χ1) is 10.9. The van der Waals surface area contributed by atoms with Crippen LogP contribution in [0.5, 0.6) is 0 Å². The number of carbonyl (C=O) groups excluding carboxylic acids is 2. The van der Waals surface area contributed by atoms with Crippen LogP contribution in [0.15, 0.2) is 11.6 Å². The maximum atomic E-state index is 13.3. The third kappa shape index (κ3) is 1.87. The second kappa shape index (κ2) is 5.04. The van der Waals surface area contributed by atoms with Gasteiger partial charge in [0.25, 0.3) is 0 Å². The number of fused-ring (bicyclic) bond motifs is 5. The minimum absolute atomic E-state index is 0.0241. The summed E-state index contributed by atoms with van der Waals surface area (Å²) in [7, 11) is 0. The lowest BCUT2D eigenvalue weighted by molar-refractivity contribution is -0.152. The van der Waals surface area contributed by atoms with Gasteiger partial charge in [0.15, 0.2) is 0 Å². The molecule has 0 aliphatic heterocycles. The van der Waals surface area contributed by atoms with E-state index in [0.29, 0.717) is 42.2 Å². The predicted molar refractivity (Wildman–Crippen MR) is 90.9 cm³/mol. The van der Waals surface area contributed by atoms with E-state index in [0.717, 1.165) is 19.3 Å². The number of hydrogen-bond donors (Lipinski definition) is 0. The van der Waals surface area contributed by atoms with Gasteiger partial charge in [0.05, 0.1) is 5.41 Å². The van der Waals surface area contributed by atoms with Crippen LogP contribution < -0.4 is 0 Å². The van der Waals surface area contributed by atoms with Crippen molar-refractivity contribution in [1.29, 1.82) is 0 Å². The molecule has 0 aromatic carbocycles. The van der Waals surface area contributed by atoms with Gasteiger partial charge in [0.1, 0.15) is 11.6 Å². The Bertz CT molecular complexity index is 589. The molecule has 6 atom stereocenters. The van der Waals surface area contributed by atoms with E-state index in [1.165, 1.54) is 24.8 Å². The fraction of sp³-hybridized carbons (Fsp3) is 0.810. The largest absolute Gasteiger partial charge is 0.299 e. The Labute approximate surface area is 140 Å². The molecule has 4 rings (SSSR count). The molecule has 0 spiro atoms. The Kier molecular flexibility index (Phi) is 3.42. The summed E-state index contributed by atoms with van der Waals surface area (Å²) in [4.78, 5) is 26.1. The van der Waals surface area contributed by atoms with Crippen LogP contribution in [0, 0.1) is 34.5 Å². The van der Waals surface area contributed by atoms with Crippen LogP contribution in [-0.2, 0) is 9.59 Å². The maximum Gasteiger partial charge on any atom is 0.143 e. The van der Waals surface area contributed by atoms with Crippen LogP contribution in [0.2, 0.25) is 0 Å². The molecule has 0 heterocycles. The molecule has 0 bridgehead atoms. The van der Waals surface area contributed by atoms with Crippen molar-refractivity contribution in [3.63, 3.8) is 0 Å². The highest BCUT2D eigenvalue weighted by Gasteiger charge is 2.63. The highest BCUT2D eigenvalue weighted by Crippen LogP contribution is 2.65. The minimum atomic E-state index is -0.468. The van der Waals surface area contributed by atoms with E-state index in [1.54, 1.807) is 0 Å². The molecule has 126 valence electrons. The first-order valence-electron chi connectivity index (χ1n) is 9.68. The predicted octanol–water partition coefficient (Wildman–Crippen LogP) is 4.72. The molecule has 4 aliphatic carbocycles. The zero-order valence-electron chi connectivity index (χ0n) is 14.9. The minimum Gasteiger partial charge on any atom is -0.299 e.